The van der Waals surface area contributed by atoms with Crippen LogP contribution in [-0.4, -0.2) is 47.6 Å². The molecule has 0 unspecified atom stereocenters. The second-order valence-corrected chi connectivity index (χ2v) is 9.32. The third-order valence-electron chi connectivity index (χ3n) is 6.22. The average Bonchev–Trinajstić information content (AvgIpc) is 2.90. The number of hydrogen-bond acceptors (Lipinski definition) is 6. The van der Waals surface area contributed by atoms with Crippen molar-refractivity contribution in [3.63, 3.8) is 0 Å². The van der Waals surface area contributed by atoms with Crippen molar-refractivity contribution in [1.82, 2.24) is 9.88 Å². The number of ketones is 1. The third kappa shape index (κ3) is 5.91. The van der Waals surface area contributed by atoms with Crippen LogP contribution in [0.2, 0.25) is 0 Å². The largest absolute Gasteiger partial charge is 0.504 e. The minimum Gasteiger partial charge on any atom is -0.504 e. The summed E-state index contributed by atoms with van der Waals surface area (Å²) in [5, 5.41) is 13.6. The molecule has 2 heterocycles. The van der Waals surface area contributed by atoms with Crippen LogP contribution >= 0.6 is 0 Å². The van der Waals surface area contributed by atoms with Gasteiger partial charge in [0.2, 0.25) is 0 Å². The third-order valence-corrected chi connectivity index (χ3v) is 6.22. The van der Waals surface area contributed by atoms with Gasteiger partial charge in [-0.15, -0.1) is 0 Å². The molecule has 0 bridgehead atoms. The lowest BCUT2D eigenvalue weighted by atomic mass is 9.98. The summed E-state index contributed by atoms with van der Waals surface area (Å²) < 4.78 is 10.5. The summed E-state index contributed by atoms with van der Waals surface area (Å²) in [7, 11) is 3.05. The van der Waals surface area contributed by atoms with E-state index in [0.717, 1.165) is 23.3 Å². The van der Waals surface area contributed by atoms with Crippen LogP contribution in [0, 0.1) is 5.92 Å². The highest BCUT2D eigenvalue weighted by Crippen LogP contribution is 2.34. The van der Waals surface area contributed by atoms with Crippen LogP contribution < -0.4 is 14.8 Å². The molecule has 192 valence electrons. The lowest BCUT2D eigenvalue weighted by Crippen LogP contribution is -2.40. The number of aromatic nitrogens is 1. The van der Waals surface area contributed by atoms with Gasteiger partial charge in [0.05, 0.1) is 26.3 Å². The van der Waals surface area contributed by atoms with Gasteiger partial charge < -0.3 is 19.5 Å². The van der Waals surface area contributed by atoms with Gasteiger partial charge in [0.1, 0.15) is 11.6 Å². The van der Waals surface area contributed by atoms with Gasteiger partial charge in [-0.3, -0.25) is 10.1 Å². The number of fused-ring (bicyclic) bond motifs is 1. The zero-order valence-corrected chi connectivity index (χ0v) is 21.4. The second kappa shape index (κ2) is 11.2. The summed E-state index contributed by atoms with van der Waals surface area (Å²) in [6.45, 7) is 5.19. The molecule has 0 saturated carbocycles. The van der Waals surface area contributed by atoms with Crippen LogP contribution in [0.15, 0.2) is 48.7 Å². The summed E-state index contributed by atoms with van der Waals surface area (Å²) >= 11 is 0. The van der Waals surface area contributed by atoms with Gasteiger partial charge in [0, 0.05) is 23.9 Å². The lowest BCUT2D eigenvalue weighted by molar-refractivity contribution is 0.103. The number of methoxy groups -OCH3 is 2. The smallest absolute Gasteiger partial charge is 0.323 e. The number of phenols is 1. The number of ether oxygens (including phenoxy) is 2. The molecular formula is C29H31N3O5. The standard InChI is InChI=1S/C29H31N3O5/c1-18(2)11-12-32-17-22-15-21(16-30-28(22)31-29(32)35)26(33)24-13-20(14-25(37-4)27(24)34)6-5-19-7-9-23(36-3)10-8-19/h5-10,13-16,18,34H,11-12,17H2,1-4H3,(H,30,31,35)/b6-5+. The summed E-state index contributed by atoms with van der Waals surface area (Å²) in [4.78, 5) is 31.9. The van der Waals surface area contributed by atoms with Crippen molar-refractivity contribution >= 4 is 29.8 Å². The van der Waals surface area contributed by atoms with Crippen molar-refractivity contribution in [2.24, 2.45) is 5.92 Å². The number of phenolic OH excluding ortho intramolecular Hbond substituents is 1. The highest BCUT2D eigenvalue weighted by molar-refractivity contribution is 6.11. The van der Waals surface area contributed by atoms with E-state index in [1.54, 1.807) is 30.2 Å². The zero-order valence-electron chi connectivity index (χ0n) is 21.4. The number of carbonyl (C=O) groups excluding carboxylic acids is 2. The Bertz CT molecular complexity index is 1330. The molecule has 0 radical (unpaired) electrons. The van der Waals surface area contributed by atoms with Gasteiger partial charge in [-0.25, -0.2) is 9.78 Å². The molecule has 8 heteroatoms. The number of carbonyl (C=O) groups is 2. The van der Waals surface area contributed by atoms with Crippen molar-refractivity contribution in [3.05, 3.63) is 76.5 Å². The van der Waals surface area contributed by atoms with E-state index >= 15 is 0 Å². The maximum Gasteiger partial charge on any atom is 0.323 e. The van der Waals surface area contributed by atoms with E-state index in [1.807, 2.05) is 36.4 Å². The Morgan fingerprint density at radius 2 is 1.84 bits per heavy atom. The van der Waals surface area contributed by atoms with Gasteiger partial charge in [-0.1, -0.05) is 38.1 Å². The molecule has 2 aromatic carbocycles. The number of amides is 2. The fourth-order valence-electron chi connectivity index (χ4n) is 4.04. The first-order valence-corrected chi connectivity index (χ1v) is 12.1. The highest BCUT2D eigenvalue weighted by Gasteiger charge is 2.26. The van der Waals surface area contributed by atoms with E-state index in [-0.39, 0.29) is 23.1 Å². The van der Waals surface area contributed by atoms with E-state index in [0.29, 0.717) is 36.0 Å². The molecule has 1 aliphatic rings. The Hall–Kier alpha value is -4.33. The van der Waals surface area contributed by atoms with Crippen molar-refractivity contribution in [2.45, 2.75) is 26.8 Å². The molecule has 8 nitrogen and oxygen atoms in total. The van der Waals surface area contributed by atoms with Gasteiger partial charge in [-0.05, 0) is 53.8 Å². The average molecular weight is 502 g/mol. The van der Waals surface area contributed by atoms with Crippen LogP contribution in [-0.2, 0) is 6.54 Å². The summed E-state index contributed by atoms with van der Waals surface area (Å²) in [5.74, 6) is 1.23. The van der Waals surface area contributed by atoms with E-state index in [2.05, 4.69) is 24.1 Å². The van der Waals surface area contributed by atoms with Crippen molar-refractivity contribution in [3.8, 4) is 17.2 Å². The predicted octanol–water partition coefficient (Wildman–Crippen LogP) is 5.60. The second-order valence-electron chi connectivity index (χ2n) is 9.32. The number of rotatable bonds is 9. The fourth-order valence-corrected chi connectivity index (χ4v) is 4.04. The van der Waals surface area contributed by atoms with Gasteiger partial charge >= 0.3 is 6.03 Å². The number of nitrogens with zero attached hydrogens (tertiary/aromatic N) is 2. The Labute approximate surface area is 216 Å². The van der Waals surface area contributed by atoms with Crippen molar-refractivity contribution in [1.29, 1.82) is 0 Å². The molecule has 0 atom stereocenters. The number of nitrogens with one attached hydrogen (secondary N) is 1. The molecule has 4 rings (SSSR count). The number of urea groups is 1. The SMILES string of the molecule is COc1ccc(/C=C/c2cc(OC)c(O)c(C(=O)c3cnc4c(c3)CN(CCC(C)C)C(=O)N4)c2)cc1. The number of anilines is 1. The van der Waals surface area contributed by atoms with Crippen LogP contribution in [0.25, 0.3) is 12.2 Å². The first-order chi connectivity index (χ1) is 17.8. The Morgan fingerprint density at radius 1 is 1.11 bits per heavy atom. The van der Waals surface area contributed by atoms with E-state index < -0.39 is 5.78 Å². The monoisotopic (exact) mass is 501 g/mol. The molecular weight excluding hydrogens is 470 g/mol. The van der Waals surface area contributed by atoms with Crippen LogP contribution in [0.1, 0.15) is 52.9 Å². The quantitative estimate of drug-likeness (QED) is 0.292. The van der Waals surface area contributed by atoms with Crippen LogP contribution in [0.5, 0.6) is 17.2 Å². The molecule has 2 N–H and O–H groups in total. The minimum atomic E-state index is -0.392. The zero-order chi connectivity index (χ0) is 26.5. The summed E-state index contributed by atoms with van der Waals surface area (Å²) in [6.07, 6.45) is 6.03. The van der Waals surface area contributed by atoms with E-state index in [4.69, 9.17) is 9.47 Å². The first-order valence-electron chi connectivity index (χ1n) is 12.1. The molecule has 37 heavy (non-hydrogen) atoms. The maximum atomic E-state index is 13.5. The molecule has 0 fully saturated rings. The lowest BCUT2D eigenvalue weighted by Gasteiger charge is -2.29. The highest BCUT2D eigenvalue weighted by atomic mass is 16.5. The molecule has 1 aliphatic heterocycles. The maximum absolute atomic E-state index is 13.5. The number of pyridine rings is 1. The number of hydrogen-bond donors (Lipinski definition) is 2. The van der Waals surface area contributed by atoms with Crippen molar-refractivity contribution < 1.29 is 24.2 Å². The van der Waals surface area contributed by atoms with E-state index in [1.165, 1.54) is 13.3 Å². The molecule has 2 amide bonds. The van der Waals surface area contributed by atoms with Gasteiger partial charge in [-0.2, -0.15) is 0 Å². The topological polar surface area (TPSA) is 101 Å². The normalized spacial score (nSPS) is 13.0. The Kier molecular flexibility index (Phi) is 7.77. The summed E-state index contributed by atoms with van der Waals surface area (Å²) in [5.41, 5.74) is 2.80. The van der Waals surface area contributed by atoms with E-state index in [9.17, 15) is 14.7 Å². The first kappa shape index (κ1) is 25.8. The Morgan fingerprint density at radius 3 is 2.51 bits per heavy atom. The Balaban J connectivity index is 1.62. The predicted molar refractivity (Wildman–Crippen MR) is 143 cm³/mol. The van der Waals surface area contributed by atoms with Gasteiger partial charge in [0.15, 0.2) is 17.3 Å². The van der Waals surface area contributed by atoms with Crippen LogP contribution in [0.3, 0.4) is 0 Å². The molecule has 0 aliphatic carbocycles. The minimum absolute atomic E-state index is 0.104. The van der Waals surface area contributed by atoms with Gasteiger partial charge in [0.25, 0.3) is 0 Å². The molecule has 0 spiro atoms. The molecule has 0 saturated heterocycles. The molecule has 3 aromatic rings. The van der Waals surface area contributed by atoms with Crippen LogP contribution in [0.4, 0.5) is 10.6 Å². The fraction of sp³-hybridized carbons (Fsp3) is 0.276. The van der Waals surface area contributed by atoms with Crippen molar-refractivity contribution in [2.75, 3.05) is 26.1 Å². The molecule has 1 aromatic heterocycles. The number of aromatic hydroxyl groups is 1. The summed E-state index contributed by atoms with van der Waals surface area (Å²) in [6, 6.07) is 12.4. The number of benzene rings is 2.